The molecule has 2 unspecified atom stereocenters. The van der Waals surface area contributed by atoms with Gasteiger partial charge in [0.15, 0.2) is 5.82 Å². The molecule has 0 spiro atoms. The minimum absolute atomic E-state index is 0.340. The maximum atomic E-state index is 6.02. The van der Waals surface area contributed by atoms with E-state index in [1.54, 1.807) is 13.2 Å². The summed E-state index contributed by atoms with van der Waals surface area (Å²) in [4.78, 5) is 8.88. The largest absolute Gasteiger partial charge is 0.370 e. The predicted octanol–water partition coefficient (Wildman–Crippen LogP) is 3.49. The van der Waals surface area contributed by atoms with Gasteiger partial charge in [-0.05, 0) is 38.2 Å². The molecule has 1 heterocycles. The molecule has 3 nitrogen and oxygen atoms in total. The molecular weight excluding hydrogens is 236 g/mol. The van der Waals surface area contributed by atoms with Gasteiger partial charge in [-0.25, -0.2) is 9.97 Å². The summed E-state index contributed by atoms with van der Waals surface area (Å²) in [5, 5.41) is 0.502. The Hall–Kier alpha value is -0.670. The zero-order valence-electron chi connectivity index (χ0n) is 10.7. The van der Waals surface area contributed by atoms with E-state index < -0.39 is 0 Å². The van der Waals surface area contributed by atoms with Crippen LogP contribution in [0, 0.1) is 12.8 Å². The van der Waals surface area contributed by atoms with Gasteiger partial charge in [-0.15, -0.1) is 0 Å². The van der Waals surface area contributed by atoms with Crippen molar-refractivity contribution in [3.8, 4) is 0 Å². The Morgan fingerprint density at radius 3 is 2.82 bits per heavy atom. The summed E-state index contributed by atoms with van der Waals surface area (Å²) in [7, 11) is 1.75. The summed E-state index contributed by atoms with van der Waals surface area (Å²) in [6.07, 6.45) is 4.37. The fourth-order valence-corrected chi connectivity index (χ4v) is 2.95. The van der Waals surface area contributed by atoms with E-state index in [0.29, 0.717) is 11.1 Å². The highest BCUT2D eigenvalue weighted by molar-refractivity contribution is 6.29. The number of ether oxygens (including phenoxy) is 1. The number of methoxy groups -OCH3 is 1. The number of halogens is 1. The van der Waals surface area contributed by atoms with Crippen LogP contribution < -0.4 is 0 Å². The second kappa shape index (κ2) is 4.91. The lowest BCUT2D eigenvalue weighted by Crippen LogP contribution is -2.36. The Labute approximate surface area is 108 Å². The van der Waals surface area contributed by atoms with Crippen LogP contribution in [-0.2, 0) is 10.3 Å². The van der Waals surface area contributed by atoms with Crippen LogP contribution >= 0.6 is 11.6 Å². The second-order valence-electron chi connectivity index (χ2n) is 5.06. The Bertz CT molecular complexity index is 390. The lowest BCUT2D eigenvalue weighted by molar-refractivity contribution is -0.0647. The van der Waals surface area contributed by atoms with E-state index in [0.717, 1.165) is 30.8 Å². The van der Waals surface area contributed by atoms with Gasteiger partial charge in [-0.1, -0.05) is 24.9 Å². The topological polar surface area (TPSA) is 35.0 Å². The van der Waals surface area contributed by atoms with Crippen LogP contribution in [0.5, 0.6) is 0 Å². The van der Waals surface area contributed by atoms with Crippen molar-refractivity contribution >= 4 is 11.6 Å². The lowest BCUT2D eigenvalue weighted by Gasteiger charge is -2.37. The normalized spacial score (nSPS) is 29.3. The molecule has 0 radical (unpaired) electrons. The molecule has 0 amide bonds. The summed E-state index contributed by atoms with van der Waals surface area (Å²) in [5.74, 6) is 1.39. The monoisotopic (exact) mass is 254 g/mol. The van der Waals surface area contributed by atoms with Crippen LogP contribution in [0.1, 0.15) is 44.1 Å². The van der Waals surface area contributed by atoms with Crippen molar-refractivity contribution in [2.24, 2.45) is 5.92 Å². The van der Waals surface area contributed by atoms with E-state index in [1.807, 2.05) is 6.92 Å². The molecule has 17 heavy (non-hydrogen) atoms. The lowest BCUT2D eigenvalue weighted by atomic mass is 9.78. The Morgan fingerprint density at radius 1 is 1.47 bits per heavy atom. The van der Waals surface area contributed by atoms with Crippen LogP contribution in [0.4, 0.5) is 0 Å². The van der Waals surface area contributed by atoms with E-state index in [-0.39, 0.29) is 5.60 Å². The highest BCUT2D eigenvalue weighted by Gasteiger charge is 2.39. The van der Waals surface area contributed by atoms with Crippen LogP contribution in [0.2, 0.25) is 5.15 Å². The van der Waals surface area contributed by atoms with Gasteiger partial charge in [0.05, 0.1) is 0 Å². The van der Waals surface area contributed by atoms with Crippen LogP contribution in [0.3, 0.4) is 0 Å². The average molecular weight is 255 g/mol. The summed E-state index contributed by atoms with van der Waals surface area (Å²) < 4.78 is 5.76. The molecule has 94 valence electrons. The molecule has 0 bridgehead atoms. The highest BCUT2D eigenvalue weighted by Crippen LogP contribution is 2.41. The number of hydrogen-bond acceptors (Lipinski definition) is 3. The van der Waals surface area contributed by atoms with Gasteiger partial charge in [0.1, 0.15) is 10.8 Å². The van der Waals surface area contributed by atoms with E-state index in [1.165, 1.54) is 6.42 Å². The Kier molecular flexibility index (Phi) is 3.69. The van der Waals surface area contributed by atoms with Gasteiger partial charge in [-0.2, -0.15) is 0 Å². The SMILES string of the molecule is COC1(c2nc(C)cc(Cl)n2)CCCC(C)C1. The van der Waals surface area contributed by atoms with Gasteiger partial charge in [0.25, 0.3) is 0 Å². The fourth-order valence-electron chi connectivity index (χ4n) is 2.72. The van der Waals surface area contributed by atoms with Gasteiger partial charge in [0, 0.05) is 12.8 Å². The fraction of sp³-hybridized carbons (Fsp3) is 0.692. The van der Waals surface area contributed by atoms with Gasteiger partial charge >= 0.3 is 0 Å². The van der Waals surface area contributed by atoms with Gasteiger partial charge in [-0.3, -0.25) is 0 Å². The van der Waals surface area contributed by atoms with Gasteiger partial charge < -0.3 is 4.74 Å². The molecule has 1 aliphatic rings. The third-order valence-electron chi connectivity index (χ3n) is 3.58. The van der Waals surface area contributed by atoms with Crippen molar-refractivity contribution < 1.29 is 4.74 Å². The first-order chi connectivity index (χ1) is 8.05. The molecule has 1 aliphatic carbocycles. The molecule has 4 heteroatoms. The molecule has 1 aromatic rings. The van der Waals surface area contributed by atoms with E-state index in [9.17, 15) is 0 Å². The third-order valence-corrected chi connectivity index (χ3v) is 3.77. The predicted molar refractivity (Wildman–Crippen MR) is 68.1 cm³/mol. The van der Waals surface area contributed by atoms with Crippen molar-refractivity contribution in [2.45, 2.75) is 45.1 Å². The van der Waals surface area contributed by atoms with E-state index in [4.69, 9.17) is 16.3 Å². The number of aromatic nitrogens is 2. The molecule has 1 aromatic heterocycles. The van der Waals surface area contributed by atoms with Crippen molar-refractivity contribution in [1.29, 1.82) is 0 Å². The summed E-state index contributed by atoms with van der Waals surface area (Å²) in [5.41, 5.74) is 0.558. The molecule has 0 N–H and O–H groups in total. The smallest absolute Gasteiger partial charge is 0.162 e. The molecule has 2 rings (SSSR count). The molecule has 1 saturated carbocycles. The molecule has 2 atom stereocenters. The second-order valence-corrected chi connectivity index (χ2v) is 5.44. The first-order valence-electron chi connectivity index (χ1n) is 6.12. The van der Waals surface area contributed by atoms with Crippen molar-refractivity contribution in [3.63, 3.8) is 0 Å². The first-order valence-corrected chi connectivity index (χ1v) is 6.50. The van der Waals surface area contributed by atoms with Crippen molar-refractivity contribution in [2.75, 3.05) is 7.11 Å². The first kappa shape index (κ1) is 12.8. The molecule has 0 aliphatic heterocycles. The standard InChI is InChI=1S/C13H19ClN2O/c1-9-5-4-6-13(8-9,17-3)12-15-10(2)7-11(14)16-12/h7,9H,4-6,8H2,1-3H3. The van der Waals surface area contributed by atoms with Crippen LogP contribution in [0.15, 0.2) is 6.07 Å². The van der Waals surface area contributed by atoms with Crippen LogP contribution in [0.25, 0.3) is 0 Å². The summed E-state index contributed by atoms with van der Waals surface area (Å²) in [6.45, 7) is 4.19. The molecule has 1 fully saturated rings. The minimum atomic E-state index is -0.340. The molecule has 0 aromatic carbocycles. The number of aryl methyl sites for hydroxylation is 1. The van der Waals surface area contributed by atoms with Crippen LogP contribution in [-0.4, -0.2) is 17.1 Å². The Balaban J connectivity index is 2.39. The zero-order valence-corrected chi connectivity index (χ0v) is 11.4. The highest BCUT2D eigenvalue weighted by atomic mass is 35.5. The molecule has 0 saturated heterocycles. The number of hydrogen-bond donors (Lipinski definition) is 0. The maximum absolute atomic E-state index is 6.02. The average Bonchev–Trinajstić information content (AvgIpc) is 2.27. The zero-order chi connectivity index (χ0) is 12.5. The van der Waals surface area contributed by atoms with Crippen molar-refractivity contribution in [3.05, 3.63) is 22.7 Å². The molecular formula is C13H19ClN2O. The maximum Gasteiger partial charge on any atom is 0.162 e. The number of rotatable bonds is 2. The Morgan fingerprint density at radius 2 is 2.24 bits per heavy atom. The number of nitrogens with zero attached hydrogens (tertiary/aromatic N) is 2. The quantitative estimate of drug-likeness (QED) is 0.758. The van der Waals surface area contributed by atoms with E-state index >= 15 is 0 Å². The van der Waals surface area contributed by atoms with Gasteiger partial charge in [0.2, 0.25) is 0 Å². The minimum Gasteiger partial charge on any atom is -0.370 e. The summed E-state index contributed by atoms with van der Waals surface area (Å²) in [6, 6.07) is 1.78. The summed E-state index contributed by atoms with van der Waals surface area (Å²) >= 11 is 6.02. The van der Waals surface area contributed by atoms with E-state index in [2.05, 4.69) is 16.9 Å². The van der Waals surface area contributed by atoms with Crippen molar-refractivity contribution in [1.82, 2.24) is 9.97 Å². The third kappa shape index (κ3) is 2.61.